The molecule has 1 fully saturated rings. The zero-order valence-corrected chi connectivity index (χ0v) is 23.3. The minimum absolute atomic E-state index is 0.236. The van der Waals surface area contributed by atoms with E-state index in [9.17, 15) is 19.2 Å². The fraction of sp³-hybridized carbons (Fsp3) is 0.290. The minimum Gasteiger partial charge on any atom is -0.454 e. The number of benzene rings is 3. The summed E-state index contributed by atoms with van der Waals surface area (Å²) >= 11 is 12.0. The van der Waals surface area contributed by atoms with Crippen LogP contribution in [-0.2, 0) is 23.9 Å². The molecule has 204 valence electrons. The third kappa shape index (κ3) is 4.11. The molecule has 1 saturated heterocycles. The number of carbonyl (C=O) groups is 4. The summed E-state index contributed by atoms with van der Waals surface area (Å²) in [6.45, 7) is 2.90. The second-order valence-corrected chi connectivity index (χ2v) is 11.6. The topological polar surface area (TPSA) is 92.8 Å². The molecule has 0 saturated carbocycles. The number of anilines is 1. The largest absolute Gasteiger partial charge is 0.454 e. The van der Waals surface area contributed by atoms with E-state index in [0.29, 0.717) is 10.7 Å². The first-order chi connectivity index (χ1) is 19.2. The van der Waals surface area contributed by atoms with E-state index >= 15 is 0 Å². The van der Waals surface area contributed by atoms with Crippen LogP contribution >= 0.6 is 23.2 Å². The van der Waals surface area contributed by atoms with Crippen LogP contribution in [0, 0.1) is 17.8 Å². The van der Waals surface area contributed by atoms with E-state index in [-0.39, 0.29) is 28.7 Å². The van der Waals surface area contributed by atoms with Crippen molar-refractivity contribution in [2.24, 2.45) is 17.8 Å². The summed E-state index contributed by atoms with van der Waals surface area (Å²) in [6.07, 6.45) is 0. The Kier molecular flexibility index (Phi) is 6.67. The second kappa shape index (κ2) is 10.1. The van der Waals surface area contributed by atoms with Gasteiger partial charge in [-0.05, 0) is 46.4 Å². The highest BCUT2D eigenvalue weighted by atomic mass is 35.5. The summed E-state index contributed by atoms with van der Waals surface area (Å²) < 4.78 is 5.35. The lowest BCUT2D eigenvalue weighted by molar-refractivity contribution is -0.162. The van der Waals surface area contributed by atoms with Gasteiger partial charge in [-0.1, -0.05) is 85.6 Å². The number of rotatable bonds is 6. The zero-order valence-electron chi connectivity index (χ0n) is 21.8. The Bertz CT molecular complexity index is 1460. The van der Waals surface area contributed by atoms with E-state index in [0.717, 1.165) is 27.2 Å². The number of hydrogen-bond acceptors (Lipinski definition) is 5. The molecule has 3 aromatic rings. The van der Waals surface area contributed by atoms with Gasteiger partial charge in [-0.25, -0.2) is 4.79 Å². The van der Waals surface area contributed by atoms with Crippen LogP contribution < -0.4 is 5.32 Å². The number of likely N-dealkylation sites (tertiary alicyclic amines) is 1. The van der Waals surface area contributed by atoms with Gasteiger partial charge in [0.25, 0.3) is 5.91 Å². The molecule has 3 amide bonds. The summed E-state index contributed by atoms with van der Waals surface area (Å²) in [4.78, 5) is 55.1. The maximum absolute atomic E-state index is 14.0. The number of amides is 3. The molecule has 0 unspecified atom stereocenters. The van der Waals surface area contributed by atoms with Gasteiger partial charge in [-0.3, -0.25) is 19.3 Å². The van der Waals surface area contributed by atoms with Crippen molar-refractivity contribution in [3.05, 3.63) is 99.0 Å². The van der Waals surface area contributed by atoms with Gasteiger partial charge in [0.15, 0.2) is 6.61 Å². The van der Waals surface area contributed by atoms with Gasteiger partial charge in [0.2, 0.25) is 11.8 Å². The molecule has 0 spiro atoms. The molecule has 1 heterocycles. The Morgan fingerprint density at radius 2 is 1.35 bits per heavy atom. The van der Waals surface area contributed by atoms with Crippen LogP contribution in [0.15, 0.2) is 66.7 Å². The van der Waals surface area contributed by atoms with Crippen molar-refractivity contribution in [2.45, 2.75) is 31.7 Å². The predicted molar refractivity (Wildman–Crippen MR) is 150 cm³/mol. The molecule has 3 aromatic carbocycles. The summed E-state index contributed by atoms with van der Waals surface area (Å²) in [7, 11) is 0. The van der Waals surface area contributed by atoms with Gasteiger partial charge in [0, 0.05) is 16.9 Å². The van der Waals surface area contributed by atoms with Crippen LogP contribution in [0.5, 0.6) is 0 Å². The van der Waals surface area contributed by atoms with Crippen molar-refractivity contribution in [3.8, 4) is 0 Å². The van der Waals surface area contributed by atoms with Crippen LogP contribution in [0.2, 0.25) is 10.0 Å². The Morgan fingerprint density at radius 3 is 1.80 bits per heavy atom. The Hall–Kier alpha value is -3.68. The highest BCUT2D eigenvalue weighted by molar-refractivity contribution is 6.36. The smallest absolute Gasteiger partial charge is 0.330 e. The second-order valence-electron chi connectivity index (χ2n) is 10.8. The molecule has 9 heteroatoms. The summed E-state index contributed by atoms with van der Waals surface area (Å²) in [6, 6.07) is 19.3. The van der Waals surface area contributed by atoms with Crippen LogP contribution in [0.4, 0.5) is 5.69 Å². The van der Waals surface area contributed by atoms with Gasteiger partial charge in [-0.2, -0.15) is 0 Å². The van der Waals surface area contributed by atoms with E-state index in [4.69, 9.17) is 27.9 Å². The fourth-order valence-corrected chi connectivity index (χ4v) is 7.11. The maximum atomic E-state index is 14.0. The van der Waals surface area contributed by atoms with Gasteiger partial charge in [0.05, 0.1) is 22.5 Å². The van der Waals surface area contributed by atoms with E-state index in [2.05, 4.69) is 5.32 Å². The minimum atomic E-state index is -1.16. The van der Waals surface area contributed by atoms with Crippen LogP contribution in [0.1, 0.15) is 47.9 Å². The lowest BCUT2D eigenvalue weighted by Gasteiger charge is -2.45. The van der Waals surface area contributed by atoms with Crippen LogP contribution in [0.25, 0.3) is 0 Å². The molecule has 3 atom stereocenters. The molecule has 2 bridgehead atoms. The van der Waals surface area contributed by atoms with E-state index in [1.54, 1.807) is 19.9 Å². The molecule has 7 nitrogen and oxygen atoms in total. The highest BCUT2D eigenvalue weighted by Crippen LogP contribution is 2.61. The third-order valence-corrected chi connectivity index (χ3v) is 8.73. The number of hydrogen-bond donors (Lipinski definition) is 1. The average Bonchev–Trinajstić information content (AvgIpc) is 3.19. The monoisotopic (exact) mass is 576 g/mol. The van der Waals surface area contributed by atoms with Crippen LogP contribution in [-0.4, -0.2) is 41.2 Å². The number of halogens is 2. The first-order valence-corrected chi connectivity index (χ1v) is 13.9. The number of carbonyl (C=O) groups excluding carboxylic acids is 4. The van der Waals surface area contributed by atoms with Crippen molar-refractivity contribution in [3.63, 3.8) is 0 Å². The van der Waals surface area contributed by atoms with Gasteiger partial charge in [-0.15, -0.1) is 0 Å². The standard InChI is InChI=1S/C31H26Cl2N2O5/c1-15(2)28(31(39)40-14-23(36)34-22-12-11-16(32)13-21(22)33)35-29(37)26-24-17-7-3-4-8-18(17)25(27(26)30(35)38)20-10-6-5-9-19(20)24/h3-13,15,24-28H,14H2,1-2H3,(H,34,36)/t24?,25?,26-,27-,28+/m0/s1. The zero-order chi connectivity index (χ0) is 28.3. The highest BCUT2D eigenvalue weighted by Gasteiger charge is 2.63. The molecule has 1 aliphatic heterocycles. The van der Waals surface area contributed by atoms with Gasteiger partial charge < -0.3 is 10.1 Å². The molecule has 1 N–H and O–H groups in total. The molecule has 0 aromatic heterocycles. The van der Waals surface area contributed by atoms with E-state index in [1.165, 1.54) is 12.1 Å². The predicted octanol–water partition coefficient (Wildman–Crippen LogP) is 5.39. The molecular weight excluding hydrogens is 551 g/mol. The number of nitrogens with zero attached hydrogens (tertiary/aromatic N) is 1. The Morgan fingerprint density at radius 1 is 0.850 bits per heavy atom. The van der Waals surface area contributed by atoms with Gasteiger partial charge in [0.1, 0.15) is 6.04 Å². The average molecular weight is 577 g/mol. The summed E-state index contributed by atoms with van der Waals surface area (Å²) in [5.74, 6) is -4.36. The number of ether oxygens (including phenoxy) is 1. The fourth-order valence-electron chi connectivity index (χ4n) is 6.65. The van der Waals surface area contributed by atoms with Crippen molar-refractivity contribution >= 4 is 52.6 Å². The quantitative estimate of drug-likeness (QED) is 0.313. The Balaban J connectivity index is 1.26. The van der Waals surface area contributed by atoms with Crippen molar-refractivity contribution in [1.82, 2.24) is 4.90 Å². The van der Waals surface area contributed by atoms with Crippen molar-refractivity contribution < 1.29 is 23.9 Å². The number of nitrogens with one attached hydrogen (secondary N) is 1. The normalized spacial score (nSPS) is 23.0. The first kappa shape index (κ1) is 26.5. The molecular formula is C31H26Cl2N2O5. The number of imide groups is 1. The summed E-state index contributed by atoms with van der Waals surface area (Å²) in [5, 5.41) is 3.22. The Labute approximate surface area is 241 Å². The lowest BCUT2D eigenvalue weighted by atomic mass is 9.55. The summed E-state index contributed by atoms with van der Waals surface area (Å²) in [5.41, 5.74) is 4.53. The number of esters is 1. The van der Waals surface area contributed by atoms with E-state index < -0.39 is 42.3 Å². The van der Waals surface area contributed by atoms with E-state index in [1.807, 2.05) is 48.5 Å². The molecule has 7 rings (SSSR count). The first-order valence-electron chi connectivity index (χ1n) is 13.1. The SMILES string of the molecule is CC(C)[C@H](C(=O)OCC(=O)Nc1ccc(Cl)cc1Cl)N1C(=O)[C@H]2C3c4ccccc4C(c4ccccc43)[C@@H]2C1=O. The third-order valence-electron chi connectivity index (χ3n) is 8.18. The lowest BCUT2D eigenvalue weighted by Crippen LogP contribution is -2.49. The molecule has 40 heavy (non-hydrogen) atoms. The maximum Gasteiger partial charge on any atom is 0.330 e. The molecule has 0 radical (unpaired) electrons. The molecule has 4 aliphatic rings. The molecule has 3 aliphatic carbocycles. The van der Waals surface area contributed by atoms with Gasteiger partial charge >= 0.3 is 5.97 Å². The van der Waals surface area contributed by atoms with Crippen LogP contribution in [0.3, 0.4) is 0 Å². The van der Waals surface area contributed by atoms with Crippen molar-refractivity contribution in [1.29, 1.82) is 0 Å². The van der Waals surface area contributed by atoms with Crippen molar-refractivity contribution in [2.75, 3.05) is 11.9 Å².